The van der Waals surface area contributed by atoms with Crippen LogP contribution < -0.4 is 20.7 Å². The van der Waals surface area contributed by atoms with Gasteiger partial charge in [0, 0.05) is 17.3 Å². The van der Waals surface area contributed by atoms with Gasteiger partial charge in [0.2, 0.25) is 10.0 Å². The van der Waals surface area contributed by atoms with E-state index in [1.54, 1.807) is 48.5 Å². The van der Waals surface area contributed by atoms with Gasteiger partial charge in [-0.05, 0) is 48.7 Å². The predicted molar refractivity (Wildman–Crippen MR) is 126 cm³/mol. The Morgan fingerprint density at radius 3 is 2.39 bits per heavy atom. The van der Waals surface area contributed by atoms with Crippen LogP contribution >= 0.6 is 0 Å². The second-order valence-corrected chi connectivity index (χ2v) is 9.41. The molecular weight excluding hydrogens is 442 g/mol. The number of rotatable bonds is 8. The van der Waals surface area contributed by atoms with Crippen LogP contribution in [0, 0.1) is 0 Å². The Morgan fingerprint density at radius 2 is 1.70 bits per heavy atom. The molecule has 0 saturated heterocycles. The molecule has 4 N–H and O–H groups in total. The average Bonchev–Trinajstić information content (AvgIpc) is 3.59. The molecule has 2 aromatic carbocycles. The number of nitrogens with zero attached hydrogens (tertiary/aromatic N) is 1. The van der Waals surface area contributed by atoms with Gasteiger partial charge in [0.15, 0.2) is 0 Å². The molecule has 1 heterocycles. The van der Waals surface area contributed by atoms with Gasteiger partial charge in [-0.2, -0.15) is 0 Å². The Bertz CT molecular complexity index is 1240. The molecule has 0 spiro atoms. The second kappa shape index (κ2) is 9.70. The van der Waals surface area contributed by atoms with Crippen molar-refractivity contribution in [1.29, 1.82) is 0 Å². The number of nitrogens with one attached hydrogen (secondary N) is 4. The minimum Gasteiger partial charge on any atom is -0.335 e. The number of anilines is 3. The van der Waals surface area contributed by atoms with E-state index < -0.39 is 15.9 Å². The van der Waals surface area contributed by atoms with Crippen molar-refractivity contribution < 1.29 is 18.0 Å². The van der Waals surface area contributed by atoms with E-state index in [0.29, 0.717) is 16.8 Å². The summed E-state index contributed by atoms with van der Waals surface area (Å²) in [6.07, 6.45) is 3.30. The van der Waals surface area contributed by atoms with Crippen molar-refractivity contribution >= 4 is 39.2 Å². The first-order valence-corrected chi connectivity index (χ1v) is 12.0. The number of hydrogen-bond donors (Lipinski definition) is 4. The molecule has 33 heavy (non-hydrogen) atoms. The third kappa shape index (κ3) is 6.78. The lowest BCUT2D eigenvalue weighted by Crippen LogP contribution is -2.30. The van der Waals surface area contributed by atoms with Gasteiger partial charge in [-0.15, -0.1) is 0 Å². The molecule has 1 aliphatic carbocycles. The Balaban J connectivity index is 1.34. The molecule has 1 aromatic heterocycles. The highest BCUT2D eigenvalue weighted by Gasteiger charge is 2.23. The maximum atomic E-state index is 12.6. The van der Waals surface area contributed by atoms with Crippen LogP contribution in [0.4, 0.5) is 22.0 Å². The molecule has 170 valence electrons. The fourth-order valence-corrected chi connectivity index (χ4v) is 4.23. The smallest absolute Gasteiger partial charge is 0.319 e. The second-order valence-electron chi connectivity index (χ2n) is 7.69. The highest BCUT2D eigenvalue weighted by atomic mass is 32.2. The quantitative estimate of drug-likeness (QED) is 0.404. The first-order valence-electron chi connectivity index (χ1n) is 10.4. The lowest BCUT2D eigenvalue weighted by Gasteiger charge is -2.10. The summed E-state index contributed by atoms with van der Waals surface area (Å²) in [5, 5.41) is 8.18. The third-order valence-electron chi connectivity index (χ3n) is 4.77. The Kier molecular flexibility index (Phi) is 6.55. The van der Waals surface area contributed by atoms with Crippen molar-refractivity contribution in [1.82, 2.24) is 10.3 Å². The highest BCUT2D eigenvalue weighted by molar-refractivity contribution is 7.91. The highest BCUT2D eigenvalue weighted by Crippen LogP contribution is 2.19. The van der Waals surface area contributed by atoms with Crippen molar-refractivity contribution in [3.8, 4) is 0 Å². The molecule has 0 radical (unpaired) electrons. The van der Waals surface area contributed by atoms with E-state index in [1.807, 2.05) is 6.07 Å². The van der Waals surface area contributed by atoms with Gasteiger partial charge in [0.1, 0.15) is 5.82 Å². The summed E-state index contributed by atoms with van der Waals surface area (Å²) in [5.74, 6) is -0.308. The number of amides is 3. The van der Waals surface area contributed by atoms with Crippen LogP contribution in [-0.4, -0.2) is 31.4 Å². The van der Waals surface area contributed by atoms with Gasteiger partial charge in [-0.3, -0.25) is 9.52 Å². The summed E-state index contributed by atoms with van der Waals surface area (Å²) in [7, 11) is -3.60. The van der Waals surface area contributed by atoms with Gasteiger partial charge in [-0.1, -0.05) is 36.4 Å². The van der Waals surface area contributed by atoms with Crippen molar-refractivity contribution in [3.05, 3.63) is 84.1 Å². The molecular formula is C23H23N5O4S. The zero-order chi connectivity index (χ0) is 23.3. The Morgan fingerprint density at radius 1 is 0.909 bits per heavy atom. The monoisotopic (exact) mass is 465 g/mol. The van der Waals surface area contributed by atoms with E-state index in [1.165, 1.54) is 18.3 Å². The summed E-state index contributed by atoms with van der Waals surface area (Å²) in [6.45, 7) is 0. The van der Waals surface area contributed by atoms with Gasteiger partial charge in [0.05, 0.1) is 17.6 Å². The van der Waals surface area contributed by atoms with E-state index in [9.17, 15) is 18.0 Å². The summed E-state index contributed by atoms with van der Waals surface area (Å²) < 4.78 is 27.2. The molecule has 0 atom stereocenters. The van der Waals surface area contributed by atoms with Crippen molar-refractivity contribution in [2.24, 2.45) is 0 Å². The first-order chi connectivity index (χ1) is 15.9. The van der Waals surface area contributed by atoms with Gasteiger partial charge in [0.25, 0.3) is 5.91 Å². The van der Waals surface area contributed by atoms with Gasteiger partial charge in [-0.25, -0.2) is 18.2 Å². The largest absolute Gasteiger partial charge is 0.335 e. The Hall–Kier alpha value is -3.92. The van der Waals surface area contributed by atoms with E-state index in [4.69, 9.17) is 0 Å². The zero-order valence-corrected chi connectivity index (χ0v) is 18.4. The number of carbonyl (C=O) groups excluding carboxylic acids is 2. The van der Waals surface area contributed by atoms with Crippen molar-refractivity contribution in [3.63, 3.8) is 0 Å². The summed E-state index contributed by atoms with van der Waals surface area (Å²) in [6, 6.07) is 18.3. The molecule has 1 saturated carbocycles. The van der Waals surface area contributed by atoms with Crippen LogP contribution in [0.1, 0.15) is 28.8 Å². The van der Waals surface area contributed by atoms with Crippen LogP contribution in [0.2, 0.25) is 0 Å². The van der Waals surface area contributed by atoms with Crippen LogP contribution in [0.25, 0.3) is 0 Å². The van der Waals surface area contributed by atoms with Crippen LogP contribution in [0.5, 0.6) is 0 Å². The summed E-state index contributed by atoms with van der Waals surface area (Å²) >= 11 is 0. The fraction of sp³-hybridized carbons (Fsp3) is 0.174. The SMILES string of the molecule is O=C(Nc1cccc(C(=O)Nc2ccc(NS(=O)(=O)Cc3ccccc3)cn2)c1)NC1CC1. The number of hydrogen-bond acceptors (Lipinski definition) is 5. The molecule has 9 nitrogen and oxygen atoms in total. The van der Waals surface area contributed by atoms with Crippen molar-refractivity contribution in [2.75, 3.05) is 15.4 Å². The third-order valence-corrected chi connectivity index (χ3v) is 6.03. The summed E-state index contributed by atoms with van der Waals surface area (Å²) in [5.41, 5.74) is 1.80. The number of benzene rings is 2. The molecule has 1 aliphatic rings. The van der Waals surface area contributed by atoms with E-state index in [0.717, 1.165) is 12.8 Å². The number of pyridine rings is 1. The number of sulfonamides is 1. The lowest BCUT2D eigenvalue weighted by molar-refractivity contribution is 0.102. The van der Waals surface area contributed by atoms with E-state index in [-0.39, 0.29) is 29.3 Å². The predicted octanol–water partition coefficient (Wildman–Crippen LogP) is 3.56. The Labute approximate surface area is 191 Å². The minimum absolute atomic E-state index is 0.157. The molecule has 4 rings (SSSR count). The molecule has 3 amide bonds. The molecule has 0 unspecified atom stereocenters. The maximum absolute atomic E-state index is 12.6. The van der Waals surface area contributed by atoms with Gasteiger partial charge < -0.3 is 16.0 Å². The van der Waals surface area contributed by atoms with Crippen molar-refractivity contribution in [2.45, 2.75) is 24.6 Å². The topological polar surface area (TPSA) is 129 Å². The first kappa shape index (κ1) is 22.3. The molecule has 3 aromatic rings. The normalized spacial score (nSPS) is 13.1. The summed E-state index contributed by atoms with van der Waals surface area (Å²) in [4.78, 5) is 28.6. The molecule has 0 bridgehead atoms. The van der Waals surface area contributed by atoms with E-state index >= 15 is 0 Å². The molecule has 0 aliphatic heterocycles. The zero-order valence-electron chi connectivity index (χ0n) is 17.6. The molecule has 1 fully saturated rings. The molecule has 10 heteroatoms. The average molecular weight is 466 g/mol. The fourth-order valence-electron chi connectivity index (χ4n) is 3.04. The maximum Gasteiger partial charge on any atom is 0.319 e. The van der Waals surface area contributed by atoms with Crippen LogP contribution in [0.3, 0.4) is 0 Å². The van der Waals surface area contributed by atoms with Crippen LogP contribution in [-0.2, 0) is 15.8 Å². The number of urea groups is 1. The van der Waals surface area contributed by atoms with Crippen LogP contribution in [0.15, 0.2) is 72.9 Å². The number of carbonyl (C=O) groups is 2. The minimum atomic E-state index is -3.60. The standard InChI is InChI=1S/C23H23N5O4S/c29-22(17-7-4-8-19(13-17)26-23(30)25-18-9-10-18)27-21-12-11-20(14-24-21)28-33(31,32)15-16-5-2-1-3-6-16/h1-8,11-14,18,28H,9-10,15H2,(H,24,27,29)(H2,25,26,30). The van der Waals surface area contributed by atoms with E-state index in [2.05, 4.69) is 25.7 Å². The number of aromatic nitrogens is 1. The lowest BCUT2D eigenvalue weighted by atomic mass is 10.2. The van der Waals surface area contributed by atoms with Gasteiger partial charge >= 0.3 is 6.03 Å².